The van der Waals surface area contributed by atoms with Crippen LogP contribution in [0.25, 0.3) is 0 Å². The Bertz CT molecular complexity index is 445. The number of aryl methyl sites for hydroxylation is 1. The first-order valence-corrected chi connectivity index (χ1v) is 6.67. The van der Waals surface area contributed by atoms with Crippen LogP contribution in [0.15, 0.2) is 18.2 Å². The van der Waals surface area contributed by atoms with Gasteiger partial charge in [-0.25, -0.2) is 0 Å². The van der Waals surface area contributed by atoms with Crippen molar-refractivity contribution in [3.63, 3.8) is 0 Å². The van der Waals surface area contributed by atoms with Crippen molar-refractivity contribution in [2.24, 2.45) is 0 Å². The number of hydrogen-bond donors (Lipinski definition) is 1. The van der Waals surface area contributed by atoms with E-state index in [9.17, 15) is 4.79 Å². The number of hydrogen-bond acceptors (Lipinski definition) is 3. The van der Waals surface area contributed by atoms with Gasteiger partial charge >= 0.3 is 0 Å². The quantitative estimate of drug-likeness (QED) is 0.852. The third kappa shape index (κ3) is 3.47. The molecule has 0 fully saturated rings. The van der Waals surface area contributed by atoms with Gasteiger partial charge in [0.15, 0.2) is 0 Å². The molecule has 0 heterocycles. The van der Waals surface area contributed by atoms with E-state index < -0.39 is 0 Å². The molecule has 19 heavy (non-hydrogen) atoms. The highest BCUT2D eigenvalue weighted by atomic mass is 16.5. The normalized spacial score (nSPS) is 17.1. The van der Waals surface area contributed by atoms with Crippen molar-refractivity contribution >= 4 is 5.91 Å². The second-order valence-corrected chi connectivity index (χ2v) is 4.87. The van der Waals surface area contributed by atoms with Gasteiger partial charge in [-0.3, -0.25) is 4.79 Å². The van der Waals surface area contributed by atoms with E-state index in [-0.39, 0.29) is 12.5 Å². The summed E-state index contributed by atoms with van der Waals surface area (Å²) in [6.45, 7) is 0.832. The maximum atomic E-state index is 11.3. The van der Waals surface area contributed by atoms with Gasteiger partial charge in [0.25, 0.3) is 0 Å². The van der Waals surface area contributed by atoms with Crippen LogP contribution in [0.3, 0.4) is 0 Å². The molecule has 4 heteroatoms. The smallest absolute Gasteiger partial charge is 0.245 e. The lowest BCUT2D eigenvalue weighted by molar-refractivity contribution is -0.124. The average molecular weight is 263 g/mol. The Labute approximate surface area is 114 Å². The van der Waals surface area contributed by atoms with Gasteiger partial charge in [-0.05, 0) is 48.4 Å². The van der Waals surface area contributed by atoms with Gasteiger partial charge in [0.2, 0.25) is 5.91 Å². The molecule has 1 aliphatic carbocycles. The lowest BCUT2D eigenvalue weighted by Gasteiger charge is -2.13. The molecule has 1 N–H and O–H groups in total. The van der Waals surface area contributed by atoms with Crippen molar-refractivity contribution in [1.29, 1.82) is 0 Å². The van der Waals surface area contributed by atoms with Crippen LogP contribution in [0, 0.1) is 0 Å². The minimum absolute atomic E-state index is 0.0497. The lowest BCUT2D eigenvalue weighted by atomic mass is 9.97. The summed E-state index contributed by atoms with van der Waals surface area (Å²) in [5, 5.41) is 2.87. The van der Waals surface area contributed by atoms with E-state index in [4.69, 9.17) is 9.47 Å². The van der Waals surface area contributed by atoms with Crippen molar-refractivity contribution in [3.05, 3.63) is 29.3 Å². The maximum absolute atomic E-state index is 11.3. The lowest BCUT2D eigenvalue weighted by Crippen LogP contribution is -2.28. The number of methoxy groups -OCH3 is 2. The molecule has 4 nitrogen and oxygen atoms in total. The molecule has 1 atom stereocenters. The summed E-state index contributed by atoms with van der Waals surface area (Å²) >= 11 is 0. The van der Waals surface area contributed by atoms with Crippen molar-refractivity contribution in [3.8, 4) is 5.75 Å². The summed E-state index contributed by atoms with van der Waals surface area (Å²) in [5.74, 6) is 1.38. The highest BCUT2D eigenvalue weighted by Gasteiger charge is 2.22. The first-order valence-electron chi connectivity index (χ1n) is 6.67. The predicted octanol–water partition coefficient (Wildman–Crippen LogP) is 1.88. The van der Waals surface area contributed by atoms with Crippen LogP contribution < -0.4 is 10.1 Å². The van der Waals surface area contributed by atoms with Crippen LogP contribution in [-0.2, 0) is 16.0 Å². The molecule has 0 radical (unpaired) electrons. The van der Waals surface area contributed by atoms with Crippen LogP contribution in [0.2, 0.25) is 0 Å². The second kappa shape index (κ2) is 6.57. The predicted molar refractivity (Wildman–Crippen MR) is 73.6 cm³/mol. The van der Waals surface area contributed by atoms with Crippen LogP contribution in [0.4, 0.5) is 0 Å². The average Bonchev–Trinajstić information content (AvgIpc) is 2.81. The van der Waals surface area contributed by atoms with Gasteiger partial charge in [-0.2, -0.15) is 0 Å². The van der Waals surface area contributed by atoms with Crippen molar-refractivity contribution in [2.45, 2.75) is 25.2 Å². The zero-order chi connectivity index (χ0) is 13.7. The largest absolute Gasteiger partial charge is 0.497 e. The SMILES string of the molecule is COCC(=O)NCCC1CCc2ccc(OC)cc21. The second-order valence-electron chi connectivity index (χ2n) is 4.87. The fourth-order valence-corrected chi connectivity index (χ4v) is 2.66. The molecule has 0 aromatic heterocycles. The number of carbonyl (C=O) groups excluding carboxylic acids is 1. The third-order valence-corrected chi connectivity index (χ3v) is 3.65. The highest BCUT2D eigenvalue weighted by Crippen LogP contribution is 2.37. The molecule has 1 unspecified atom stereocenters. The molecule has 1 aromatic carbocycles. The van der Waals surface area contributed by atoms with Gasteiger partial charge in [-0.1, -0.05) is 6.07 Å². The van der Waals surface area contributed by atoms with Gasteiger partial charge in [0, 0.05) is 13.7 Å². The molecule has 1 amide bonds. The van der Waals surface area contributed by atoms with Crippen molar-refractivity contribution < 1.29 is 14.3 Å². The molecule has 2 rings (SSSR count). The van der Waals surface area contributed by atoms with Crippen molar-refractivity contribution in [1.82, 2.24) is 5.32 Å². The molecule has 104 valence electrons. The molecule has 0 spiro atoms. The number of nitrogens with one attached hydrogen (secondary N) is 1. The summed E-state index contributed by atoms with van der Waals surface area (Å²) in [7, 11) is 3.22. The van der Waals surface area contributed by atoms with E-state index in [0.717, 1.165) is 25.0 Å². The fraction of sp³-hybridized carbons (Fsp3) is 0.533. The van der Waals surface area contributed by atoms with E-state index in [2.05, 4.69) is 17.4 Å². The van der Waals surface area contributed by atoms with Gasteiger partial charge < -0.3 is 14.8 Å². The molecule has 0 bridgehead atoms. The number of ether oxygens (including phenoxy) is 2. The van der Waals surface area contributed by atoms with E-state index in [1.165, 1.54) is 18.2 Å². The molecule has 0 saturated carbocycles. The molecular weight excluding hydrogens is 242 g/mol. The van der Waals surface area contributed by atoms with Crippen molar-refractivity contribution in [2.75, 3.05) is 27.4 Å². The molecule has 1 aliphatic rings. The monoisotopic (exact) mass is 263 g/mol. The topological polar surface area (TPSA) is 47.6 Å². The number of carbonyl (C=O) groups is 1. The molecule has 0 saturated heterocycles. The Morgan fingerprint density at radius 1 is 1.42 bits per heavy atom. The maximum Gasteiger partial charge on any atom is 0.245 e. The first-order chi connectivity index (χ1) is 9.24. The Morgan fingerprint density at radius 2 is 2.26 bits per heavy atom. The molecular formula is C15H21NO3. The fourth-order valence-electron chi connectivity index (χ4n) is 2.66. The Kier molecular flexibility index (Phi) is 4.80. The van der Waals surface area contributed by atoms with Crippen LogP contribution in [-0.4, -0.2) is 33.3 Å². The summed E-state index contributed by atoms with van der Waals surface area (Å²) in [5.41, 5.74) is 2.79. The van der Waals surface area contributed by atoms with Crippen LogP contribution in [0.1, 0.15) is 29.9 Å². The number of fused-ring (bicyclic) bond motifs is 1. The number of rotatable bonds is 6. The van der Waals surface area contributed by atoms with E-state index >= 15 is 0 Å². The summed E-state index contributed by atoms with van der Waals surface area (Å²) in [6, 6.07) is 6.29. The van der Waals surface area contributed by atoms with Gasteiger partial charge in [0.05, 0.1) is 7.11 Å². The minimum atomic E-state index is -0.0497. The third-order valence-electron chi connectivity index (χ3n) is 3.65. The standard InChI is InChI=1S/C15H21NO3/c1-18-10-15(17)16-8-7-12-4-3-11-5-6-13(19-2)9-14(11)12/h5-6,9,12H,3-4,7-8,10H2,1-2H3,(H,16,17). The summed E-state index contributed by atoms with van der Waals surface area (Å²) in [6.07, 6.45) is 3.24. The Morgan fingerprint density at radius 3 is 3.00 bits per heavy atom. The highest BCUT2D eigenvalue weighted by molar-refractivity contribution is 5.77. The Hall–Kier alpha value is -1.55. The van der Waals surface area contributed by atoms with Crippen LogP contribution >= 0.6 is 0 Å². The zero-order valence-corrected chi connectivity index (χ0v) is 11.6. The molecule has 0 aliphatic heterocycles. The van der Waals surface area contributed by atoms with Crippen LogP contribution in [0.5, 0.6) is 5.75 Å². The Balaban J connectivity index is 1.89. The van der Waals surface area contributed by atoms with Gasteiger partial charge in [0.1, 0.15) is 12.4 Å². The van der Waals surface area contributed by atoms with E-state index in [1.807, 2.05) is 6.07 Å². The first kappa shape index (κ1) is 13.9. The van der Waals surface area contributed by atoms with E-state index in [0.29, 0.717) is 12.5 Å². The van der Waals surface area contributed by atoms with E-state index in [1.54, 1.807) is 7.11 Å². The summed E-state index contributed by atoms with van der Waals surface area (Å²) in [4.78, 5) is 11.3. The number of benzene rings is 1. The minimum Gasteiger partial charge on any atom is -0.497 e. The number of amides is 1. The molecule has 1 aromatic rings. The zero-order valence-electron chi connectivity index (χ0n) is 11.6. The van der Waals surface area contributed by atoms with Gasteiger partial charge in [-0.15, -0.1) is 0 Å². The summed E-state index contributed by atoms with van der Waals surface area (Å²) < 4.78 is 10.1.